The summed E-state index contributed by atoms with van der Waals surface area (Å²) < 4.78 is 23.8. The Labute approximate surface area is 215 Å². The molecule has 0 radical (unpaired) electrons. The van der Waals surface area contributed by atoms with Gasteiger partial charge in [-0.3, -0.25) is 9.59 Å². The van der Waals surface area contributed by atoms with Crippen molar-refractivity contribution in [2.24, 2.45) is 5.41 Å². The number of ether oxygens (including phenoxy) is 4. The molecule has 0 aliphatic carbocycles. The van der Waals surface area contributed by atoms with E-state index in [9.17, 15) is 9.59 Å². The molecule has 2 aromatic carbocycles. The Kier molecular flexibility index (Phi) is 9.00. The second kappa shape index (κ2) is 11.2. The van der Waals surface area contributed by atoms with Crippen LogP contribution >= 0.6 is 0 Å². The van der Waals surface area contributed by atoms with Crippen LogP contribution in [0.2, 0.25) is 0 Å². The Bertz CT molecular complexity index is 1090. The molecule has 36 heavy (non-hydrogen) atoms. The molecule has 0 N–H and O–H groups in total. The number of carbonyl (C=O) groups is 2. The fourth-order valence-electron chi connectivity index (χ4n) is 3.11. The number of esters is 1. The van der Waals surface area contributed by atoms with Gasteiger partial charge in [-0.25, -0.2) is 0 Å². The van der Waals surface area contributed by atoms with Crippen LogP contribution in [0.3, 0.4) is 0 Å². The van der Waals surface area contributed by atoms with Crippen molar-refractivity contribution in [2.45, 2.75) is 80.4 Å². The van der Waals surface area contributed by atoms with E-state index in [0.29, 0.717) is 33.9 Å². The van der Waals surface area contributed by atoms with E-state index < -0.39 is 16.6 Å². The van der Waals surface area contributed by atoms with Gasteiger partial charge >= 0.3 is 5.97 Å². The second-order valence-electron chi connectivity index (χ2n) is 11.7. The van der Waals surface area contributed by atoms with Gasteiger partial charge in [-0.05, 0) is 81.4 Å². The zero-order chi connectivity index (χ0) is 27.3. The lowest BCUT2D eigenvalue weighted by Crippen LogP contribution is -2.26. The smallest absolute Gasteiger partial charge is 0.314 e. The van der Waals surface area contributed by atoms with E-state index in [1.54, 1.807) is 45.0 Å². The second-order valence-corrected chi connectivity index (χ2v) is 11.7. The first-order valence-corrected chi connectivity index (χ1v) is 12.1. The van der Waals surface area contributed by atoms with E-state index in [-0.39, 0.29) is 18.5 Å². The van der Waals surface area contributed by atoms with Gasteiger partial charge in [0.25, 0.3) is 0 Å². The van der Waals surface area contributed by atoms with E-state index in [1.165, 1.54) is 6.08 Å². The van der Waals surface area contributed by atoms with Crippen molar-refractivity contribution in [3.63, 3.8) is 0 Å². The molecule has 0 amide bonds. The number of hydrogen-bond donors (Lipinski definition) is 0. The first kappa shape index (κ1) is 29.0. The van der Waals surface area contributed by atoms with Gasteiger partial charge in [0.1, 0.15) is 28.5 Å². The third-order valence-electron chi connectivity index (χ3n) is 4.78. The van der Waals surface area contributed by atoms with Crippen LogP contribution in [-0.2, 0) is 9.53 Å². The molecular weight excluding hydrogens is 456 g/mol. The molecule has 2 aromatic rings. The molecule has 0 unspecified atom stereocenters. The predicted octanol–water partition coefficient (Wildman–Crippen LogP) is 7.17. The van der Waals surface area contributed by atoms with Gasteiger partial charge in [0, 0.05) is 17.2 Å². The van der Waals surface area contributed by atoms with Gasteiger partial charge in [-0.1, -0.05) is 30.3 Å². The number of carbonyl (C=O) groups excluding carboxylic acids is 2. The summed E-state index contributed by atoms with van der Waals surface area (Å²) in [5.41, 5.74) is 0.205. The van der Waals surface area contributed by atoms with Crippen LogP contribution in [-0.4, -0.2) is 29.7 Å². The maximum atomic E-state index is 12.8. The molecule has 0 fully saturated rings. The Balaban J connectivity index is 2.56. The quantitative estimate of drug-likeness (QED) is 0.167. The van der Waals surface area contributed by atoms with Crippen molar-refractivity contribution >= 4 is 17.8 Å². The SMILES string of the molecule is Cc1c(OCOC(=O)C(C)(C)C)cc(OC(C)(C)C)c(/C=C/C(=O)c2ccccc2)c1OC(C)(C)C. The third-order valence-corrected chi connectivity index (χ3v) is 4.78. The molecular formula is C30H40O6. The minimum atomic E-state index is -0.640. The topological polar surface area (TPSA) is 71.1 Å². The van der Waals surface area contributed by atoms with Crippen molar-refractivity contribution in [1.82, 2.24) is 0 Å². The minimum absolute atomic E-state index is 0.133. The summed E-state index contributed by atoms with van der Waals surface area (Å²) in [4.78, 5) is 25.0. The van der Waals surface area contributed by atoms with E-state index >= 15 is 0 Å². The van der Waals surface area contributed by atoms with E-state index in [0.717, 1.165) is 0 Å². The van der Waals surface area contributed by atoms with Crippen LogP contribution in [0.25, 0.3) is 6.08 Å². The van der Waals surface area contributed by atoms with Crippen LogP contribution in [0, 0.1) is 12.3 Å². The van der Waals surface area contributed by atoms with Crippen molar-refractivity contribution in [3.05, 3.63) is 59.2 Å². The lowest BCUT2D eigenvalue weighted by atomic mass is 9.98. The average Bonchev–Trinajstić information content (AvgIpc) is 2.74. The van der Waals surface area contributed by atoms with E-state index in [2.05, 4.69) is 0 Å². The third kappa shape index (κ3) is 8.74. The molecule has 0 saturated heterocycles. The maximum Gasteiger partial charge on any atom is 0.314 e. The predicted molar refractivity (Wildman–Crippen MR) is 143 cm³/mol. The molecule has 0 saturated carbocycles. The summed E-state index contributed by atoms with van der Waals surface area (Å²) >= 11 is 0. The lowest BCUT2D eigenvalue weighted by molar-refractivity contribution is -0.159. The fraction of sp³-hybridized carbons (Fsp3) is 0.467. The Hall–Kier alpha value is -3.28. The molecule has 6 heteroatoms. The highest BCUT2D eigenvalue weighted by molar-refractivity contribution is 6.07. The van der Waals surface area contributed by atoms with Gasteiger partial charge in [-0.2, -0.15) is 0 Å². The average molecular weight is 497 g/mol. The van der Waals surface area contributed by atoms with Crippen molar-refractivity contribution in [1.29, 1.82) is 0 Å². The molecule has 0 atom stereocenters. The summed E-state index contributed by atoms with van der Waals surface area (Å²) in [7, 11) is 0. The zero-order valence-electron chi connectivity index (χ0n) is 23.3. The van der Waals surface area contributed by atoms with E-state index in [1.807, 2.05) is 66.7 Å². The van der Waals surface area contributed by atoms with Crippen LogP contribution in [0.5, 0.6) is 17.2 Å². The van der Waals surface area contributed by atoms with E-state index in [4.69, 9.17) is 18.9 Å². The summed E-state index contributed by atoms with van der Waals surface area (Å²) in [6, 6.07) is 10.8. The summed E-state index contributed by atoms with van der Waals surface area (Å²) in [5, 5.41) is 0. The summed E-state index contributed by atoms with van der Waals surface area (Å²) in [6.07, 6.45) is 3.23. The van der Waals surface area contributed by atoms with Crippen LogP contribution in [0.15, 0.2) is 42.5 Å². The first-order valence-electron chi connectivity index (χ1n) is 12.1. The molecule has 0 spiro atoms. The molecule has 0 aromatic heterocycles. The van der Waals surface area contributed by atoms with Gasteiger partial charge in [0.2, 0.25) is 6.79 Å². The molecule has 2 rings (SSSR count). The number of benzene rings is 2. The largest absolute Gasteiger partial charge is 0.487 e. The number of allylic oxidation sites excluding steroid dienone is 1. The van der Waals surface area contributed by atoms with Gasteiger partial charge in [0.05, 0.1) is 11.0 Å². The highest BCUT2D eigenvalue weighted by Gasteiger charge is 2.26. The summed E-state index contributed by atoms with van der Waals surface area (Å²) in [6.45, 7) is 18.6. The fourth-order valence-corrected chi connectivity index (χ4v) is 3.11. The highest BCUT2D eigenvalue weighted by atomic mass is 16.7. The Morgan fingerprint density at radius 3 is 1.94 bits per heavy atom. The lowest BCUT2D eigenvalue weighted by Gasteiger charge is -2.29. The standard InChI is InChI=1S/C30H40O6/c1-20-24(33-19-34-27(32)28(2,3)4)18-25(35-29(5,6)7)22(26(20)36-30(8,9)10)16-17-23(31)21-14-12-11-13-15-21/h11-18H,19H2,1-10H3/b17-16+. The molecule has 6 nitrogen and oxygen atoms in total. The summed E-state index contributed by atoms with van der Waals surface area (Å²) in [5.74, 6) is 0.976. The van der Waals surface area contributed by atoms with Gasteiger partial charge in [-0.15, -0.1) is 0 Å². The van der Waals surface area contributed by atoms with Gasteiger partial charge in [0.15, 0.2) is 5.78 Å². The van der Waals surface area contributed by atoms with Crippen LogP contribution in [0.1, 0.15) is 83.8 Å². The van der Waals surface area contributed by atoms with Crippen LogP contribution in [0.4, 0.5) is 0 Å². The Morgan fingerprint density at radius 2 is 1.42 bits per heavy atom. The number of hydrogen-bond acceptors (Lipinski definition) is 6. The molecule has 0 aliphatic rings. The maximum absolute atomic E-state index is 12.8. The normalized spacial score (nSPS) is 12.4. The molecule has 0 heterocycles. The van der Waals surface area contributed by atoms with Crippen molar-refractivity contribution in [2.75, 3.05) is 6.79 Å². The highest BCUT2D eigenvalue weighted by Crippen LogP contribution is 2.42. The molecule has 0 bridgehead atoms. The number of ketones is 1. The first-order chi connectivity index (χ1) is 16.5. The monoisotopic (exact) mass is 496 g/mol. The molecule has 196 valence electrons. The number of rotatable bonds is 8. The Morgan fingerprint density at radius 1 is 0.833 bits per heavy atom. The van der Waals surface area contributed by atoms with Crippen molar-refractivity contribution in [3.8, 4) is 17.2 Å². The van der Waals surface area contributed by atoms with Crippen LogP contribution < -0.4 is 14.2 Å². The zero-order valence-corrected chi connectivity index (χ0v) is 23.3. The van der Waals surface area contributed by atoms with Crippen molar-refractivity contribution < 1.29 is 28.5 Å². The van der Waals surface area contributed by atoms with Gasteiger partial charge < -0.3 is 18.9 Å². The molecule has 0 aliphatic heterocycles. The minimum Gasteiger partial charge on any atom is -0.487 e.